The average Bonchev–Trinajstić information content (AvgIpc) is 3.57. The molecule has 2 saturated carbocycles. The van der Waals surface area contributed by atoms with Crippen LogP contribution >= 0.6 is 0 Å². The topological polar surface area (TPSA) is 73.1 Å². The van der Waals surface area contributed by atoms with Crippen LogP contribution in [0.15, 0.2) is 39.8 Å². The van der Waals surface area contributed by atoms with E-state index in [0.29, 0.717) is 24.1 Å². The van der Waals surface area contributed by atoms with Gasteiger partial charge < -0.3 is 14.3 Å². The summed E-state index contributed by atoms with van der Waals surface area (Å²) >= 11 is 0. The van der Waals surface area contributed by atoms with E-state index in [1.807, 2.05) is 19.1 Å². The van der Waals surface area contributed by atoms with Crippen molar-refractivity contribution in [2.45, 2.75) is 57.5 Å². The number of hydrogen-bond donors (Lipinski definition) is 0. The minimum Gasteiger partial charge on any atom is -0.473 e. The number of aldehydes is 1. The maximum Gasteiger partial charge on any atom is 0.213 e. The molecule has 1 heterocycles. The Balaban J connectivity index is 1.59. The van der Waals surface area contributed by atoms with Gasteiger partial charge in [0.05, 0.1) is 0 Å². The van der Waals surface area contributed by atoms with Gasteiger partial charge in [0, 0.05) is 30.8 Å². The number of hydrogen-bond acceptors (Lipinski definition) is 6. The highest BCUT2D eigenvalue weighted by Gasteiger charge is 2.24. The molecule has 148 valence electrons. The van der Waals surface area contributed by atoms with Crippen LogP contribution in [0.5, 0.6) is 5.88 Å². The summed E-state index contributed by atoms with van der Waals surface area (Å²) in [6, 6.07) is 4.06. The summed E-state index contributed by atoms with van der Waals surface area (Å²) in [5.41, 5.74) is 2.67. The van der Waals surface area contributed by atoms with Crippen LogP contribution in [0, 0.1) is 17.9 Å². The summed E-state index contributed by atoms with van der Waals surface area (Å²) in [7, 11) is 1.60. The van der Waals surface area contributed by atoms with E-state index < -0.39 is 0 Å². The number of pyridine rings is 1. The third-order valence-electron chi connectivity index (χ3n) is 5.10. The monoisotopic (exact) mass is 381 g/mol. The molecule has 3 rings (SSSR count). The van der Waals surface area contributed by atoms with Gasteiger partial charge in [0.25, 0.3) is 0 Å². The predicted octanol–water partition coefficient (Wildman–Crippen LogP) is 4.43. The molecular weight excluding hydrogens is 354 g/mol. The summed E-state index contributed by atoms with van der Waals surface area (Å²) in [5, 5.41) is 7.94. The van der Waals surface area contributed by atoms with Gasteiger partial charge in [0.1, 0.15) is 30.8 Å². The predicted molar refractivity (Wildman–Crippen MR) is 106 cm³/mol. The molecule has 0 radical (unpaired) electrons. The Bertz CT molecular complexity index is 803. The highest BCUT2D eigenvalue weighted by molar-refractivity contribution is 5.53. The van der Waals surface area contributed by atoms with Crippen LogP contribution in [0.3, 0.4) is 0 Å². The van der Waals surface area contributed by atoms with Crippen LogP contribution in [0.25, 0.3) is 0 Å². The maximum atomic E-state index is 11.0. The van der Waals surface area contributed by atoms with E-state index in [9.17, 15) is 4.79 Å². The van der Waals surface area contributed by atoms with Crippen molar-refractivity contribution in [2.75, 3.05) is 13.7 Å². The number of ether oxygens (including phenoxy) is 2. The van der Waals surface area contributed by atoms with E-state index >= 15 is 0 Å². The van der Waals surface area contributed by atoms with Gasteiger partial charge >= 0.3 is 0 Å². The smallest absolute Gasteiger partial charge is 0.213 e. The summed E-state index contributed by atoms with van der Waals surface area (Å²) in [6.07, 6.45) is 11.6. The molecule has 2 fully saturated rings. The van der Waals surface area contributed by atoms with Crippen LogP contribution < -0.4 is 4.74 Å². The molecule has 0 N–H and O–H groups in total. The zero-order valence-electron chi connectivity index (χ0n) is 16.6. The van der Waals surface area contributed by atoms with Crippen molar-refractivity contribution in [3.8, 4) is 17.9 Å². The molecule has 2 aliphatic carbocycles. The molecule has 0 bridgehead atoms. The Morgan fingerprint density at radius 1 is 1.36 bits per heavy atom. The Morgan fingerprint density at radius 2 is 2.21 bits per heavy atom. The third-order valence-corrected chi connectivity index (χ3v) is 5.10. The lowest BCUT2D eigenvalue weighted by Gasteiger charge is -2.23. The van der Waals surface area contributed by atoms with Gasteiger partial charge in [0.2, 0.25) is 5.88 Å². The summed E-state index contributed by atoms with van der Waals surface area (Å²) < 4.78 is 11.5. The number of carbonyl (C=O) groups is 1. The standard InChI is InChI=1S/C22H27N3O3/c1-16(15-28-22-13-19(8-10-24-22)18-6-7-18)21(25-23-2)9-11-27-20-5-3-4-17(12-20)14-26/h8,10,13-14,17-18,20H,3-7,12,15H2,1-2H3/b21-16+,25-23-/t17?,20-/m0/s1. The van der Waals surface area contributed by atoms with Gasteiger partial charge in [-0.25, -0.2) is 4.98 Å². The molecule has 2 atom stereocenters. The van der Waals surface area contributed by atoms with Crippen LogP contribution in [-0.4, -0.2) is 31.0 Å². The lowest BCUT2D eigenvalue weighted by atomic mass is 9.88. The van der Waals surface area contributed by atoms with Crippen molar-refractivity contribution in [3.05, 3.63) is 35.2 Å². The second-order valence-corrected chi connectivity index (χ2v) is 7.45. The number of aromatic nitrogens is 1. The largest absolute Gasteiger partial charge is 0.473 e. The fraction of sp³-hybridized carbons (Fsp3) is 0.545. The van der Waals surface area contributed by atoms with Crippen LogP contribution in [-0.2, 0) is 9.53 Å². The van der Waals surface area contributed by atoms with Crippen LogP contribution in [0.1, 0.15) is 56.9 Å². The molecule has 0 aliphatic heterocycles. The zero-order chi connectivity index (χ0) is 19.8. The van der Waals surface area contributed by atoms with Gasteiger partial charge in [0.15, 0.2) is 0 Å². The van der Waals surface area contributed by atoms with Gasteiger partial charge in [-0.15, -0.1) is 5.11 Å². The van der Waals surface area contributed by atoms with Gasteiger partial charge in [-0.3, -0.25) is 0 Å². The quantitative estimate of drug-likeness (QED) is 0.398. The Hall–Kier alpha value is -2.68. The van der Waals surface area contributed by atoms with E-state index in [1.54, 1.807) is 13.2 Å². The molecule has 2 aliphatic rings. The first-order valence-corrected chi connectivity index (χ1v) is 9.90. The molecule has 0 aromatic carbocycles. The minimum atomic E-state index is 0.00202. The Kier molecular flexibility index (Phi) is 7.18. The van der Waals surface area contributed by atoms with E-state index in [1.165, 1.54) is 18.4 Å². The molecule has 0 saturated heterocycles. The average molecular weight is 381 g/mol. The first-order valence-electron chi connectivity index (χ1n) is 9.90. The second kappa shape index (κ2) is 10.0. The van der Waals surface area contributed by atoms with E-state index in [4.69, 9.17) is 9.47 Å². The maximum absolute atomic E-state index is 11.0. The Morgan fingerprint density at radius 3 is 2.96 bits per heavy atom. The zero-order valence-corrected chi connectivity index (χ0v) is 16.6. The first-order chi connectivity index (χ1) is 13.7. The molecule has 6 nitrogen and oxygen atoms in total. The lowest BCUT2D eigenvalue weighted by Crippen LogP contribution is -2.22. The van der Waals surface area contributed by atoms with Crippen molar-refractivity contribution in [2.24, 2.45) is 16.1 Å². The highest BCUT2D eigenvalue weighted by atomic mass is 16.5. The van der Waals surface area contributed by atoms with Crippen LogP contribution in [0.4, 0.5) is 0 Å². The molecular formula is C22H27N3O3. The van der Waals surface area contributed by atoms with Crippen LogP contribution in [0.2, 0.25) is 0 Å². The summed E-state index contributed by atoms with van der Waals surface area (Å²) in [4.78, 5) is 15.2. The molecule has 28 heavy (non-hydrogen) atoms. The number of azo groups is 1. The third kappa shape index (κ3) is 5.91. The van der Waals surface area contributed by atoms with Crippen molar-refractivity contribution in [1.82, 2.24) is 4.98 Å². The molecule has 0 amide bonds. The van der Waals surface area contributed by atoms with Gasteiger partial charge in [-0.1, -0.05) is 0 Å². The van der Waals surface area contributed by atoms with Crippen molar-refractivity contribution < 1.29 is 14.3 Å². The molecule has 6 heteroatoms. The molecule has 1 aromatic rings. The van der Waals surface area contributed by atoms with E-state index in [2.05, 4.69) is 27.2 Å². The van der Waals surface area contributed by atoms with Crippen molar-refractivity contribution in [3.63, 3.8) is 0 Å². The second-order valence-electron chi connectivity index (χ2n) is 7.45. The molecule has 1 unspecified atom stereocenters. The van der Waals surface area contributed by atoms with Crippen molar-refractivity contribution in [1.29, 1.82) is 0 Å². The number of allylic oxidation sites excluding steroid dienone is 1. The fourth-order valence-electron chi connectivity index (χ4n) is 3.31. The molecule has 1 aromatic heterocycles. The normalized spacial score (nSPS) is 22.8. The van der Waals surface area contributed by atoms with Gasteiger partial charge in [-0.2, -0.15) is 5.11 Å². The lowest BCUT2D eigenvalue weighted by molar-refractivity contribution is -0.113. The summed E-state index contributed by atoms with van der Waals surface area (Å²) in [5.74, 6) is 4.29. The minimum absolute atomic E-state index is 0.00202. The highest BCUT2D eigenvalue weighted by Crippen LogP contribution is 2.40. The number of carbonyl (C=O) groups excluding carboxylic acids is 1. The number of rotatable bonds is 7. The number of nitrogens with zero attached hydrogens (tertiary/aromatic N) is 3. The Labute approximate surface area is 166 Å². The fourth-order valence-corrected chi connectivity index (χ4v) is 3.31. The SMILES string of the molecule is C/N=N\C(C#CO[C@H]1CCCC(C=O)C1)=C(/C)COc1cc(C2CC2)ccn1. The van der Waals surface area contributed by atoms with E-state index in [-0.39, 0.29) is 12.0 Å². The van der Waals surface area contributed by atoms with Crippen molar-refractivity contribution >= 4 is 6.29 Å². The molecule has 0 spiro atoms. The van der Waals surface area contributed by atoms with E-state index in [0.717, 1.165) is 37.5 Å². The first kappa shape index (κ1) is 20.1. The summed E-state index contributed by atoms with van der Waals surface area (Å²) in [6.45, 7) is 2.24. The van der Waals surface area contributed by atoms with Gasteiger partial charge in [-0.05, 0) is 68.9 Å².